The highest BCUT2D eigenvalue weighted by molar-refractivity contribution is 5.94. The molecule has 0 aliphatic rings. The van der Waals surface area contributed by atoms with E-state index in [1.165, 1.54) is 0 Å². The standard InChI is InChI=1S/C17H21N3O/c1-13-3-7-16(8-4-13)17(21)19-10-9-18-11-15-6-5-14(2)20-12-15/h3-8,12,18H,9-11H2,1-2H3,(H,19,21). The molecule has 4 nitrogen and oxygen atoms in total. The zero-order valence-corrected chi connectivity index (χ0v) is 12.5. The van der Waals surface area contributed by atoms with Crippen molar-refractivity contribution in [3.63, 3.8) is 0 Å². The summed E-state index contributed by atoms with van der Waals surface area (Å²) in [5, 5.41) is 6.18. The minimum absolute atomic E-state index is 0.0335. The van der Waals surface area contributed by atoms with Crippen LogP contribution in [0, 0.1) is 13.8 Å². The van der Waals surface area contributed by atoms with E-state index in [2.05, 4.69) is 21.7 Å². The molecule has 110 valence electrons. The minimum atomic E-state index is -0.0335. The minimum Gasteiger partial charge on any atom is -0.351 e. The monoisotopic (exact) mass is 283 g/mol. The molecule has 0 atom stereocenters. The average Bonchev–Trinajstić information content (AvgIpc) is 2.49. The molecule has 2 N–H and O–H groups in total. The Bertz CT molecular complexity index is 576. The molecule has 21 heavy (non-hydrogen) atoms. The summed E-state index contributed by atoms with van der Waals surface area (Å²) in [4.78, 5) is 16.1. The normalized spacial score (nSPS) is 10.4. The van der Waals surface area contributed by atoms with Gasteiger partial charge in [-0.05, 0) is 37.6 Å². The number of carbonyl (C=O) groups excluding carboxylic acids is 1. The molecule has 1 aromatic carbocycles. The fraction of sp³-hybridized carbons (Fsp3) is 0.294. The first-order valence-electron chi connectivity index (χ1n) is 7.12. The molecular formula is C17H21N3O. The predicted octanol–water partition coefficient (Wildman–Crippen LogP) is 2.22. The molecular weight excluding hydrogens is 262 g/mol. The van der Waals surface area contributed by atoms with Gasteiger partial charge in [0.2, 0.25) is 0 Å². The predicted molar refractivity (Wildman–Crippen MR) is 84.2 cm³/mol. The van der Waals surface area contributed by atoms with Gasteiger partial charge in [0.1, 0.15) is 0 Å². The summed E-state index contributed by atoms with van der Waals surface area (Å²) in [6, 6.07) is 11.6. The highest BCUT2D eigenvalue weighted by Gasteiger charge is 2.03. The maximum absolute atomic E-state index is 11.9. The third-order valence-electron chi connectivity index (χ3n) is 3.20. The van der Waals surface area contributed by atoms with Gasteiger partial charge in [0.25, 0.3) is 5.91 Å². The van der Waals surface area contributed by atoms with Gasteiger partial charge in [-0.3, -0.25) is 9.78 Å². The zero-order chi connectivity index (χ0) is 15.1. The van der Waals surface area contributed by atoms with Gasteiger partial charge in [-0.25, -0.2) is 0 Å². The molecule has 0 radical (unpaired) electrons. The van der Waals surface area contributed by atoms with Gasteiger partial charge in [-0.15, -0.1) is 0 Å². The second kappa shape index (κ2) is 7.55. The molecule has 1 heterocycles. The summed E-state index contributed by atoms with van der Waals surface area (Å²) in [5.74, 6) is -0.0335. The molecule has 0 unspecified atom stereocenters. The average molecular weight is 283 g/mol. The van der Waals surface area contributed by atoms with Crippen molar-refractivity contribution < 1.29 is 4.79 Å². The van der Waals surface area contributed by atoms with Crippen LogP contribution in [0.4, 0.5) is 0 Å². The van der Waals surface area contributed by atoms with Crippen LogP contribution in [0.25, 0.3) is 0 Å². The molecule has 0 bridgehead atoms. The van der Waals surface area contributed by atoms with Crippen molar-refractivity contribution in [3.8, 4) is 0 Å². The van der Waals surface area contributed by atoms with Crippen LogP contribution in [-0.2, 0) is 6.54 Å². The van der Waals surface area contributed by atoms with Crippen LogP contribution >= 0.6 is 0 Å². The van der Waals surface area contributed by atoms with Gasteiger partial charge in [0, 0.05) is 37.1 Å². The van der Waals surface area contributed by atoms with Crippen molar-refractivity contribution in [2.75, 3.05) is 13.1 Å². The summed E-state index contributed by atoms with van der Waals surface area (Å²) in [5.41, 5.74) is 4.01. The van der Waals surface area contributed by atoms with E-state index in [9.17, 15) is 4.79 Å². The number of rotatable bonds is 6. The van der Waals surface area contributed by atoms with Gasteiger partial charge < -0.3 is 10.6 Å². The molecule has 2 aromatic rings. The zero-order valence-electron chi connectivity index (χ0n) is 12.5. The number of benzene rings is 1. The lowest BCUT2D eigenvalue weighted by atomic mass is 10.1. The number of aryl methyl sites for hydroxylation is 2. The molecule has 2 rings (SSSR count). The Hall–Kier alpha value is -2.20. The molecule has 0 fully saturated rings. The van der Waals surface area contributed by atoms with E-state index in [1.807, 2.05) is 50.4 Å². The number of aromatic nitrogens is 1. The van der Waals surface area contributed by atoms with Gasteiger partial charge in [0.05, 0.1) is 0 Å². The number of pyridine rings is 1. The second-order valence-corrected chi connectivity index (χ2v) is 5.11. The van der Waals surface area contributed by atoms with E-state index in [4.69, 9.17) is 0 Å². The number of hydrogen-bond donors (Lipinski definition) is 2. The molecule has 1 aromatic heterocycles. The molecule has 0 aliphatic carbocycles. The molecule has 1 amide bonds. The van der Waals surface area contributed by atoms with Crippen LogP contribution in [-0.4, -0.2) is 24.0 Å². The van der Waals surface area contributed by atoms with E-state index in [-0.39, 0.29) is 5.91 Å². The van der Waals surface area contributed by atoms with Crippen LogP contribution < -0.4 is 10.6 Å². The van der Waals surface area contributed by atoms with E-state index in [1.54, 1.807) is 0 Å². The smallest absolute Gasteiger partial charge is 0.251 e. The van der Waals surface area contributed by atoms with Crippen molar-refractivity contribution in [2.24, 2.45) is 0 Å². The van der Waals surface area contributed by atoms with Crippen molar-refractivity contribution >= 4 is 5.91 Å². The number of nitrogens with one attached hydrogen (secondary N) is 2. The topological polar surface area (TPSA) is 54.0 Å². The van der Waals surface area contributed by atoms with Crippen LogP contribution in [0.3, 0.4) is 0 Å². The maximum atomic E-state index is 11.9. The summed E-state index contributed by atoms with van der Waals surface area (Å²) >= 11 is 0. The Morgan fingerprint density at radius 2 is 1.81 bits per heavy atom. The van der Waals surface area contributed by atoms with Gasteiger partial charge in [-0.2, -0.15) is 0 Å². The molecule has 4 heteroatoms. The molecule has 0 spiro atoms. The van der Waals surface area contributed by atoms with E-state index >= 15 is 0 Å². The number of amides is 1. The number of nitrogens with zero attached hydrogens (tertiary/aromatic N) is 1. The summed E-state index contributed by atoms with van der Waals surface area (Å²) in [6.45, 7) is 6.06. The van der Waals surface area contributed by atoms with E-state index in [0.717, 1.165) is 29.9 Å². The van der Waals surface area contributed by atoms with E-state index < -0.39 is 0 Å². The van der Waals surface area contributed by atoms with E-state index in [0.29, 0.717) is 12.1 Å². The van der Waals surface area contributed by atoms with Crippen molar-refractivity contribution in [2.45, 2.75) is 20.4 Å². The van der Waals surface area contributed by atoms with Crippen LogP contribution in [0.5, 0.6) is 0 Å². The van der Waals surface area contributed by atoms with Gasteiger partial charge in [-0.1, -0.05) is 23.8 Å². The number of carbonyl (C=O) groups is 1. The van der Waals surface area contributed by atoms with Crippen molar-refractivity contribution in [3.05, 3.63) is 65.0 Å². The first-order chi connectivity index (χ1) is 10.1. The van der Waals surface area contributed by atoms with Crippen LogP contribution in [0.2, 0.25) is 0 Å². The molecule has 0 saturated carbocycles. The lowest BCUT2D eigenvalue weighted by molar-refractivity contribution is 0.0954. The lowest BCUT2D eigenvalue weighted by Crippen LogP contribution is -2.31. The Kier molecular flexibility index (Phi) is 5.46. The largest absolute Gasteiger partial charge is 0.351 e. The highest BCUT2D eigenvalue weighted by Crippen LogP contribution is 2.02. The summed E-state index contributed by atoms with van der Waals surface area (Å²) < 4.78 is 0. The van der Waals surface area contributed by atoms with Gasteiger partial charge in [0.15, 0.2) is 0 Å². The third kappa shape index (κ3) is 5.00. The third-order valence-corrected chi connectivity index (χ3v) is 3.20. The Morgan fingerprint density at radius 3 is 2.48 bits per heavy atom. The fourth-order valence-corrected chi connectivity index (χ4v) is 1.91. The fourth-order valence-electron chi connectivity index (χ4n) is 1.91. The van der Waals surface area contributed by atoms with Gasteiger partial charge >= 0.3 is 0 Å². The lowest BCUT2D eigenvalue weighted by Gasteiger charge is -2.07. The summed E-state index contributed by atoms with van der Waals surface area (Å²) in [6.07, 6.45) is 1.87. The highest BCUT2D eigenvalue weighted by atomic mass is 16.1. The first kappa shape index (κ1) is 15.2. The Morgan fingerprint density at radius 1 is 1.05 bits per heavy atom. The number of hydrogen-bond acceptors (Lipinski definition) is 3. The first-order valence-corrected chi connectivity index (χ1v) is 7.12. The van der Waals surface area contributed by atoms with Crippen molar-refractivity contribution in [1.82, 2.24) is 15.6 Å². The Labute approximate surface area is 125 Å². The second-order valence-electron chi connectivity index (χ2n) is 5.11. The quantitative estimate of drug-likeness (QED) is 0.799. The van der Waals surface area contributed by atoms with Crippen LogP contribution in [0.15, 0.2) is 42.6 Å². The van der Waals surface area contributed by atoms with Crippen molar-refractivity contribution in [1.29, 1.82) is 0 Å². The van der Waals surface area contributed by atoms with Crippen LogP contribution in [0.1, 0.15) is 27.2 Å². The summed E-state index contributed by atoms with van der Waals surface area (Å²) in [7, 11) is 0. The molecule has 0 saturated heterocycles. The molecule has 0 aliphatic heterocycles. The SMILES string of the molecule is Cc1ccc(C(=O)NCCNCc2ccc(C)nc2)cc1. The Balaban J connectivity index is 1.66. The maximum Gasteiger partial charge on any atom is 0.251 e.